The molecule has 1 amide bonds. The molecule has 0 spiro atoms. The van der Waals surface area contributed by atoms with E-state index in [1.165, 1.54) is 19.2 Å². The first kappa shape index (κ1) is 22.3. The van der Waals surface area contributed by atoms with Gasteiger partial charge in [-0.2, -0.15) is 18.3 Å². The highest BCUT2D eigenvalue weighted by Gasteiger charge is 2.46. The zero-order valence-corrected chi connectivity index (χ0v) is 18.1. The lowest BCUT2D eigenvalue weighted by molar-refractivity contribution is -0.173. The van der Waals surface area contributed by atoms with Crippen molar-refractivity contribution in [3.63, 3.8) is 0 Å². The molecule has 6 nitrogen and oxygen atoms in total. The third kappa shape index (κ3) is 4.35. The largest absolute Gasteiger partial charge is 0.497 e. The van der Waals surface area contributed by atoms with Crippen LogP contribution in [0.25, 0.3) is 0 Å². The van der Waals surface area contributed by atoms with Crippen molar-refractivity contribution in [3.05, 3.63) is 69.8 Å². The number of anilines is 2. The van der Waals surface area contributed by atoms with Crippen LogP contribution in [0.1, 0.15) is 34.6 Å². The summed E-state index contributed by atoms with van der Waals surface area (Å²) in [7, 11) is 1.51. The molecule has 0 bridgehead atoms. The second-order valence-electron chi connectivity index (χ2n) is 7.18. The number of benzene rings is 2. The summed E-state index contributed by atoms with van der Waals surface area (Å²) in [5, 5.41) is 9.86. The second kappa shape index (κ2) is 8.55. The number of hydrogen-bond acceptors (Lipinski definition) is 4. The van der Waals surface area contributed by atoms with Gasteiger partial charge in [0.15, 0.2) is 11.7 Å². The van der Waals surface area contributed by atoms with Crippen LogP contribution in [0.5, 0.6) is 5.75 Å². The summed E-state index contributed by atoms with van der Waals surface area (Å²) in [6.45, 7) is 0. The van der Waals surface area contributed by atoms with Gasteiger partial charge in [-0.3, -0.25) is 4.79 Å². The Morgan fingerprint density at radius 1 is 1.22 bits per heavy atom. The van der Waals surface area contributed by atoms with Crippen LogP contribution in [-0.4, -0.2) is 29.0 Å². The van der Waals surface area contributed by atoms with Crippen LogP contribution in [-0.2, 0) is 0 Å². The topological polar surface area (TPSA) is 68.2 Å². The Bertz CT molecular complexity index is 1150. The lowest BCUT2D eigenvalue weighted by atomic mass is 9.97. The van der Waals surface area contributed by atoms with Crippen LogP contribution < -0.4 is 15.4 Å². The fourth-order valence-electron chi connectivity index (χ4n) is 3.53. The summed E-state index contributed by atoms with van der Waals surface area (Å²) in [6, 6.07) is 10.2. The number of hydrogen-bond donors (Lipinski definition) is 2. The normalized spacial score (nSPS) is 17.9. The Kier molecular flexibility index (Phi) is 5.96. The molecule has 32 heavy (non-hydrogen) atoms. The van der Waals surface area contributed by atoms with Gasteiger partial charge in [0, 0.05) is 12.5 Å². The fraction of sp³-hybridized carbons (Fsp3) is 0.238. The number of fused-ring (bicyclic) bond motifs is 1. The number of rotatable bonds is 4. The molecule has 0 saturated heterocycles. The number of aromatic nitrogens is 2. The summed E-state index contributed by atoms with van der Waals surface area (Å²) in [6.07, 6.45) is -4.84. The highest BCUT2D eigenvalue weighted by molar-refractivity contribution is 6.44. The molecule has 168 valence electrons. The van der Waals surface area contributed by atoms with Crippen LogP contribution in [0.2, 0.25) is 10.0 Å². The van der Waals surface area contributed by atoms with Gasteiger partial charge in [-0.05, 0) is 29.8 Å². The first-order chi connectivity index (χ1) is 15.2. The first-order valence-electron chi connectivity index (χ1n) is 9.49. The maximum Gasteiger partial charge on any atom is 0.410 e. The minimum Gasteiger partial charge on any atom is -0.497 e. The Morgan fingerprint density at radius 2 is 1.94 bits per heavy atom. The predicted molar refractivity (Wildman–Crippen MR) is 116 cm³/mol. The lowest BCUT2D eigenvalue weighted by Crippen LogP contribution is -2.35. The van der Waals surface area contributed by atoms with Gasteiger partial charge >= 0.3 is 6.18 Å². The Labute approximate surface area is 191 Å². The molecule has 0 unspecified atom stereocenters. The van der Waals surface area contributed by atoms with Crippen molar-refractivity contribution in [2.24, 2.45) is 0 Å². The van der Waals surface area contributed by atoms with Crippen molar-refractivity contribution in [1.29, 1.82) is 0 Å². The molecule has 1 aliphatic rings. The molecule has 1 aliphatic heterocycles. The average Bonchev–Trinajstić information content (AvgIpc) is 3.20. The third-order valence-corrected chi connectivity index (χ3v) is 5.96. The molecule has 3 aromatic rings. The molecule has 4 rings (SSSR count). The van der Waals surface area contributed by atoms with Crippen molar-refractivity contribution in [3.8, 4) is 5.75 Å². The molecule has 1 aromatic heterocycles. The SMILES string of the molecule is COc1ccc([C@@H]2C[C@@H](C(F)(F)F)n3nc(C(=O)Nc4cccc(Cl)c4Cl)cc3N2)cc1. The molecule has 0 saturated carbocycles. The van der Waals surface area contributed by atoms with Gasteiger partial charge in [-0.15, -0.1) is 0 Å². The maximum atomic E-state index is 13.8. The highest BCUT2D eigenvalue weighted by Crippen LogP contribution is 2.44. The summed E-state index contributed by atoms with van der Waals surface area (Å²) in [5.41, 5.74) is 0.698. The quantitative estimate of drug-likeness (QED) is 0.468. The van der Waals surface area contributed by atoms with E-state index in [9.17, 15) is 18.0 Å². The molecular weight excluding hydrogens is 468 g/mol. The van der Waals surface area contributed by atoms with E-state index in [-0.39, 0.29) is 33.7 Å². The Morgan fingerprint density at radius 3 is 2.59 bits per heavy atom. The minimum absolute atomic E-state index is 0.0849. The van der Waals surface area contributed by atoms with Gasteiger partial charge < -0.3 is 15.4 Å². The van der Waals surface area contributed by atoms with Crippen molar-refractivity contribution < 1.29 is 22.7 Å². The van der Waals surface area contributed by atoms with Gasteiger partial charge in [0.1, 0.15) is 11.6 Å². The Balaban J connectivity index is 1.64. The van der Waals surface area contributed by atoms with Crippen molar-refractivity contribution in [2.45, 2.75) is 24.7 Å². The summed E-state index contributed by atoms with van der Waals surface area (Å²) < 4.78 is 47.4. The standard InChI is InChI=1S/C21H17Cl2F3N4O2/c1-32-12-7-5-11(6-8-12)15-9-17(21(24,25)26)30-18(27-15)10-16(29-30)20(31)28-14-4-2-3-13(22)19(14)23/h2-8,10,15,17,27H,9H2,1H3,(H,28,31)/t15-,17-/m0/s1. The van der Waals surface area contributed by atoms with Crippen LogP contribution in [0, 0.1) is 0 Å². The molecule has 0 aliphatic carbocycles. The first-order valence-corrected chi connectivity index (χ1v) is 10.2. The molecule has 0 radical (unpaired) electrons. The van der Waals surface area contributed by atoms with Crippen LogP contribution in [0.15, 0.2) is 48.5 Å². The molecule has 0 fully saturated rings. The number of carbonyl (C=O) groups is 1. The van der Waals surface area contributed by atoms with Gasteiger partial charge in [-0.1, -0.05) is 41.4 Å². The highest BCUT2D eigenvalue weighted by atomic mass is 35.5. The number of amides is 1. The zero-order valence-electron chi connectivity index (χ0n) is 16.6. The number of alkyl halides is 3. The Hall–Kier alpha value is -2.91. The molecule has 2 atom stereocenters. The molecule has 2 aromatic carbocycles. The molecular formula is C21H17Cl2F3N4O2. The number of nitrogens with zero attached hydrogens (tertiary/aromatic N) is 2. The van der Waals surface area contributed by atoms with E-state index in [0.717, 1.165) is 4.68 Å². The third-order valence-electron chi connectivity index (χ3n) is 5.14. The van der Waals surface area contributed by atoms with Gasteiger partial charge in [0.2, 0.25) is 0 Å². The minimum atomic E-state index is -4.56. The van der Waals surface area contributed by atoms with Gasteiger partial charge in [0.25, 0.3) is 5.91 Å². The van der Waals surface area contributed by atoms with E-state index in [0.29, 0.717) is 11.3 Å². The van der Waals surface area contributed by atoms with Crippen molar-refractivity contribution >= 4 is 40.6 Å². The number of carbonyl (C=O) groups excluding carboxylic acids is 1. The maximum absolute atomic E-state index is 13.8. The number of methoxy groups -OCH3 is 1. The number of ether oxygens (including phenoxy) is 1. The molecule has 2 N–H and O–H groups in total. The van der Waals surface area contributed by atoms with Crippen molar-refractivity contribution in [1.82, 2.24) is 9.78 Å². The zero-order chi connectivity index (χ0) is 23.0. The predicted octanol–water partition coefficient (Wildman–Crippen LogP) is 6.11. The van der Waals surface area contributed by atoms with E-state index >= 15 is 0 Å². The van der Waals surface area contributed by atoms with Crippen LogP contribution in [0.4, 0.5) is 24.7 Å². The van der Waals surface area contributed by atoms with Crippen molar-refractivity contribution in [2.75, 3.05) is 17.7 Å². The summed E-state index contributed by atoms with van der Waals surface area (Å²) in [4.78, 5) is 12.7. The summed E-state index contributed by atoms with van der Waals surface area (Å²) in [5.74, 6) is -0.0258. The van der Waals surface area contributed by atoms with E-state index in [2.05, 4.69) is 15.7 Å². The van der Waals surface area contributed by atoms with Crippen LogP contribution in [0.3, 0.4) is 0 Å². The fourth-order valence-corrected chi connectivity index (χ4v) is 3.87. The van der Waals surface area contributed by atoms with E-state index in [1.807, 2.05) is 0 Å². The number of halogens is 5. The molecule has 2 heterocycles. The van der Waals surface area contributed by atoms with Crippen LogP contribution >= 0.6 is 23.2 Å². The van der Waals surface area contributed by atoms with E-state index in [1.54, 1.807) is 36.4 Å². The smallest absolute Gasteiger partial charge is 0.410 e. The summed E-state index contributed by atoms with van der Waals surface area (Å²) >= 11 is 12.0. The van der Waals surface area contributed by atoms with E-state index < -0.39 is 24.2 Å². The number of nitrogens with one attached hydrogen (secondary N) is 2. The van der Waals surface area contributed by atoms with E-state index in [4.69, 9.17) is 27.9 Å². The second-order valence-corrected chi connectivity index (χ2v) is 7.96. The van der Waals surface area contributed by atoms with Gasteiger partial charge in [-0.25, -0.2) is 4.68 Å². The van der Waals surface area contributed by atoms with Gasteiger partial charge in [0.05, 0.1) is 28.9 Å². The lowest BCUT2D eigenvalue weighted by Gasteiger charge is -2.33. The average molecular weight is 485 g/mol. The molecule has 11 heteroatoms. The monoisotopic (exact) mass is 484 g/mol.